The number of unbranched alkanes of at least 4 members (excludes halogenated alkanes) is 3. The van der Waals surface area contributed by atoms with Crippen LogP contribution in [-0.4, -0.2) is 37.0 Å². The van der Waals surface area contributed by atoms with Crippen molar-refractivity contribution in [3.63, 3.8) is 0 Å². The second kappa shape index (κ2) is 9.77. The number of rotatable bonds is 8. The van der Waals surface area contributed by atoms with Crippen LogP contribution < -0.4 is 10.6 Å². The number of amides is 1. The van der Waals surface area contributed by atoms with Crippen LogP contribution in [-0.2, 0) is 4.79 Å². The Morgan fingerprint density at radius 3 is 2.82 bits per heavy atom. The van der Waals surface area contributed by atoms with Crippen LogP contribution in [0.15, 0.2) is 0 Å². The smallest absolute Gasteiger partial charge is 0.237 e. The number of nitrogens with one attached hydrogen (secondary N) is 2. The van der Waals surface area contributed by atoms with Gasteiger partial charge in [-0.1, -0.05) is 19.3 Å². The summed E-state index contributed by atoms with van der Waals surface area (Å²) in [6.07, 6.45) is 10.5. The number of piperidine rings is 1. The van der Waals surface area contributed by atoms with Crippen molar-refractivity contribution < 1.29 is 4.79 Å². The molecule has 1 atom stereocenters. The molecule has 100 valence electrons. The standard InChI is InChI=1S/C13H26N2OS/c1-17-11-7-3-2-5-10-15-13(16)12-8-4-6-9-14-12/h12,14H,2-11H2,1H3,(H,15,16)/t12-/m1/s1. The molecule has 1 saturated heterocycles. The lowest BCUT2D eigenvalue weighted by atomic mass is 10.0. The quantitative estimate of drug-likeness (QED) is 0.656. The Morgan fingerprint density at radius 1 is 1.29 bits per heavy atom. The van der Waals surface area contributed by atoms with Gasteiger partial charge in [-0.05, 0) is 44.2 Å². The zero-order valence-corrected chi connectivity index (χ0v) is 11.8. The topological polar surface area (TPSA) is 41.1 Å². The van der Waals surface area contributed by atoms with Gasteiger partial charge in [0.15, 0.2) is 0 Å². The first kappa shape index (κ1) is 14.8. The third-order valence-electron chi connectivity index (χ3n) is 3.20. The number of carbonyl (C=O) groups excluding carboxylic acids is 1. The Kier molecular flexibility index (Phi) is 8.53. The fourth-order valence-corrected chi connectivity index (χ4v) is 2.63. The van der Waals surface area contributed by atoms with Gasteiger partial charge in [0.2, 0.25) is 5.91 Å². The van der Waals surface area contributed by atoms with Gasteiger partial charge in [0.1, 0.15) is 0 Å². The van der Waals surface area contributed by atoms with E-state index in [9.17, 15) is 4.79 Å². The monoisotopic (exact) mass is 258 g/mol. The van der Waals surface area contributed by atoms with Gasteiger partial charge < -0.3 is 10.6 Å². The Morgan fingerprint density at radius 2 is 2.12 bits per heavy atom. The van der Waals surface area contributed by atoms with Gasteiger partial charge in [0.25, 0.3) is 0 Å². The fourth-order valence-electron chi connectivity index (χ4n) is 2.14. The molecule has 3 nitrogen and oxygen atoms in total. The van der Waals surface area contributed by atoms with Gasteiger partial charge in [-0.25, -0.2) is 0 Å². The van der Waals surface area contributed by atoms with Crippen LogP contribution in [0.5, 0.6) is 0 Å². The van der Waals surface area contributed by atoms with Gasteiger partial charge >= 0.3 is 0 Å². The largest absolute Gasteiger partial charge is 0.355 e. The van der Waals surface area contributed by atoms with E-state index in [2.05, 4.69) is 16.9 Å². The highest BCUT2D eigenvalue weighted by Gasteiger charge is 2.19. The summed E-state index contributed by atoms with van der Waals surface area (Å²) in [7, 11) is 0. The molecule has 0 aromatic heterocycles. The molecule has 1 fully saturated rings. The molecular formula is C13H26N2OS. The summed E-state index contributed by atoms with van der Waals surface area (Å²) < 4.78 is 0. The number of thioether (sulfide) groups is 1. The van der Waals surface area contributed by atoms with E-state index in [1.54, 1.807) is 0 Å². The molecule has 0 spiro atoms. The SMILES string of the molecule is CSCCCCCCNC(=O)[C@H]1CCCCN1. The van der Waals surface area contributed by atoms with Crippen molar-refractivity contribution in [3.8, 4) is 0 Å². The third kappa shape index (κ3) is 6.94. The molecule has 0 aromatic rings. The first-order chi connectivity index (χ1) is 8.34. The summed E-state index contributed by atoms with van der Waals surface area (Å²) in [4.78, 5) is 11.8. The average molecular weight is 258 g/mol. The summed E-state index contributed by atoms with van der Waals surface area (Å²) in [6, 6.07) is 0.0697. The van der Waals surface area contributed by atoms with Crippen molar-refractivity contribution in [1.29, 1.82) is 0 Å². The van der Waals surface area contributed by atoms with Crippen molar-refractivity contribution in [2.75, 3.05) is 25.1 Å². The normalized spacial score (nSPS) is 20.2. The van der Waals surface area contributed by atoms with Crippen LogP contribution in [0, 0.1) is 0 Å². The molecule has 0 aromatic carbocycles. The van der Waals surface area contributed by atoms with E-state index < -0.39 is 0 Å². The lowest BCUT2D eigenvalue weighted by Crippen LogP contribution is -2.46. The molecule has 0 unspecified atom stereocenters. The van der Waals surface area contributed by atoms with Crippen LogP contribution in [0.1, 0.15) is 44.9 Å². The van der Waals surface area contributed by atoms with E-state index in [-0.39, 0.29) is 11.9 Å². The molecule has 17 heavy (non-hydrogen) atoms. The second-order valence-electron chi connectivity index (χ2n) is 4.70. The third-order valence-corrected chi connectivity index (χ3v) is 3.90. The van der Waals surface area contributed by atoms with Gasteiger partial charge in [0.05, 0.1) is 6.04 Å². The predicted octanol–water partition coefficient (Wildman–Crippen LogP) is 2.17. The molecule has 0 aliphatic carbocycles. The molecule has 1 heterocycles. The molecule has 4 heteroatoms. The highest BCUT2D eigenvalue weighted by atomic mass is 32.2. The van der Waals surface area contributed by atoms with E-state index >= 15 is 0 Å². The van der Waals surface area contributed by atoms with Crippen molar-refractivity contribution >= 4 is 17.7 Å². The fraction of sp³-hybridized carbons (Fsp3) is 0.923. The maximum absolute atomic E-state index is 11.8. The molecule has 1 aliphatic heterocycles. The van der Waals surface area contributed by atoms with Gasteiger partial charge in [0, 0.05) is 6.54 Å². The Balaban J connectivity index is 1.92. The lowest BCUT2D eigenvalue weighted by molar-refractivity contribution is -0.123. The molecule has 0 saturated carbocycles. The summed E-state index contributed by atoms with van der Waals surface area (Å²) in [6.45, 7) is 1.84. The van der Waals surface area contributed by atoms with E-state index in [4.69, 9.17) is 0 Å². The predicted molar refractivity (Wildman–Crippen MR) is 75.5 cm³/mol. The number of carbonyl (C=O) groups is 1. The Hall–Kier alpha value is -0.220. The molecule has 0 radical (unpaired) electrons. The summed E-state index contributed by atoms with van der Waals surface area (Å²) in [5, 5.41) is 6.31. The van der Waals surface area contributed by atoms with Crippen LogP contribution in [0.25, 0.3) is 0 Å². The van der Waals surface area contributed by atoms with E-state index in [0.29, 0.717) is 0 Å². The maximum atomic E-state index is 11.8. The summed E-state index contributed by atoms with van der Waals surface area (Å²) in [5.74, 6) is 1.46. The van der Waals surface area contributed by atoms with Gasteiger partial charge in [-0.15, -0.1) is 0 Å². The molecule has 0 bridgehead atoms. The molecule has 2 N–H and O–H groups in total. The minimum Gasteiger partial charge on any atom is -0.355 e. The van der Waals surface area contributed by atoms with Gasteiger partial charge in [-0.2, -0.15) is 11.8 Å². The van der Waals surface area contributed by atoms with Crippen LogP contribution in [0.3, 0.4) is 0 Å². The Bertz CT molecular complexity index is 206. The van der Waals surface area contributed by atoms with Crippen molar-refractivity contribution in [2.45, 2.75) is 51.0 Å². The van der Waals surface area contributed by atoms with E-state index in [0.717, 1.165) is 25.9 Å². The van der Waals surface area contributed by atoms with Crippen molar-refractivity contribution in [2.24, 2.45) is 0 Å². The lowest BCUT2D eigenvalue weighted by Gasteiger charge is -2.22. The van der Waals surface area contributed by atoms with Crippen LogP contribution in [0.2, 0.25) is 0 Å². The van der Waals surface area contributed by atoms with Crippen LogP contribution >= 0.6 is 11.8 Å². The zero-order chi connectivity index (χ0) is 12.3. The highest BCUT2D eigenvalue weighted by molar-refractivity contribution is 7.98. The molecular weight excluding hydrogens is 232 g/mol. The minimum absolute atomic E-state index is 0.0697. The zero-order valence-electron chi connectivity index (χ0n) is 11.0. The summed E-state index contributed by atoms with van der Waals surface area (Å²) >= 11 is 1.91. The maximum Gasteiger partial charge on any atom is 0.237 e. The molecule has 1 aliphatic rings. The van der Waals surface area contributed by atoms with Crippen molar-refractivity contribution in [1.82, 2.24) is 10.6 Å². The number of hydrogen-bond acceptors (Lipinski definition) is 3. The molecule has 1 amide bonds. The highest BCUT2D eigenvalue weighted by Crippen LogP contribution is 2.07. The number of hydrogen-bond donors (Lipinski definition) is 2. The van der Waals surface area contributed by atoms with E-state index in [1.165, 1.54) is 37.9 Å². The Labute approximate surface area is 109 Å². The first-order valence-corrected chi connectivity index (χ1v) is 8.24. The van der Waals surface area contributed by atoms with Gasteiger partial charge in [-0.3, -0.25) is 4.79 Å². The summed E-state index contributed by atoms with van der Waals surface area (Å²) in [5.41, 5.74) is 0. The van der Waals surface area contributed by atoms with Crippen molar-refractivity contribution in [3.05, 3.63) is 0 Å². The molecule has 1 rings (SSSR count). The second-order valence-corrected chi connectivity index (χ2v) is 5.69. The average Bonchev–Trinajstić information content (AvgIpc) is 2.38. The minimum atomic E-state index is 0.0697. The van der Waals surface area contributed by atoms with E-state index in [1.807, 2.05) is 11.8 Å². The first-order valence-electron chi connectivity index (χ1n) is 6.84. The van der Waals surface area contributed by atoms with Crippen LogP contribution in [0.4, 0.5) is 0 Å².